The van der Waals surface area contributed by atoms with Gasteiger partial charge >= 0.3 is 0 Å². The Labute approximate surface area is 99.6 Å². The summed E-state index contributed by atoms with van der Waals surface area (Å²) in [6.07, 6.45) is 3.22. The lowest BCUT2D eigenvalue weighted by Crippen LogP contribution is -2.28. The summed E-state index contributed by atoms with van der Waals surface area (Å²) in [7, 11) is 0. The van der Waals surface area contributed by atoms with Crippen LogP contribution in [0, 0.1) is 0 Å². The second kappa shape index (κ2) is 6.47. The van der Waals surface area contributed by atoms with Gasteiger partial charge in [-0.1, -0.05) is 0 Å². The number of hydrogen-bond acceptors (Lipinski definition) is 4. The van der Waals surface area contributed by atoms with Crippen molar-refractivity contribution in [3.63, 3.8) is 0 Å². The maximum absolute atomic E-state index is 11.8. The molecule has 1 aromatic heterocycles. The van der Waals surface area contributed by atoms with Crippen LogP contribution in [-0.2, 0) is 4.79 Å². The van der Waals surface area contributed by atoms with E-state index in [0.29, 0.717) is 12.1 Å². The smallest absolute Gasteiger partial charge is 0.254 e. The number of anilines is 1. The number of nitrogens with one attached hydrogen (secondary N) is 2. The molecule has 0 unspecified atom stereocenters. The maximum atomic E-state index is 11.8. The molecule has 0 atom stereocenters. The number of carbonyl (C=O) groups excluding carboxylic acids is 2. The largest absolute Gasteiger partial charge is 0.385 e. The van der Waals surface area contributed by atoms with Crippen molar-refractivity contribution in [2.45, 2.75) is 13.3 Å². The van der Waals surface area contributed by atoms with Crippen molar-refractivity contribution in [3.8, 4) is 0 Å². The summed E-state index contributed by atoms with van der Waals surface area (Å²) in [5.74, 6) is -0.710. The molecule has 6 heteroatoms. The van der Waals surface area contributed by atoms with Gasteiger partial charge in [-0.3, -0.25) is 14.6 Å². The van der Waals surface area contributed by atoms with E-state index in [4.69, 9.17) is 5.73 Å². The van der Waals surface area contributed by atoms with E-state index in [9.17, 15) is 9.59 Å². The Morgan fingerprint density at radius 1 is 1.47 bits per heavy atom. The van der Waals surface area contributed by atoms with E-state index in [1.54, 1.807) is 12.3 Å². The van der Waals surface area contributed by atoms with Crippen LogP contribution in [0.2, 0.25) is 0 Å². The average molecular weight is 236 g/mol. The van der Waals surface area contributed by atoms with Gasteiger partial charge in [0.05, 0.1) is 11.3 Å². The lowest BCUT2D eigenvalue weighted by molar-refractivity contribution is -0.117. The molecule has 0 radical (unpaired) electrons. The first-order valence-corrected chi connectivity index (χ1v) is 5.39. The lowest BCUT2D eigenvalue weighted by Gasteiger charge is -2.09. The second-order valence-corrected chi connectivity index (χ2v) is 3.42. The van der Waals surface area contributed by atoms with Crippen molar-refractivity contribution < 1.29 is 9.59 Å². The zero-order valence-electron chi connectivity index (χ0n) is 9.69. The molecular weight excluding hydrogens is 220 g/mol. The third-order valence-electron chi connectivity index (χ3n) is 2.09. The predicted octanol–water partition coefficient (Wildman–Crippen LogP) is 0.119. The molecule has 6 nitrogen and oxygen atoms in total. The number of amides is 2. The molecule has 0 aliphatic heterocycles. The molecule has 17 heavy (non-hydrogen) atoms. The van der Waals surface area contributed by atoms with E-state index >= 15 is 0 Å². The Bertz CT molecular complexity index is 406. The van der Waals surface area contributed by atoms with E-state index in [1.165, 1.54) is 6.20 Å². The van der Waals surface area contributed by atoms with Crippen LogP contribution in [0.1, 0.15) is 23.7 Å². The van der Waals surface area contributed by atoms with Gasteiger partial charge in [0.1, 0.15) is 0 Å². The highest BCUT2D eigenvalue weighted by Gasteiger charge is 2.10. The van der Waals surface area contributed by atoms with Crippen molar-refractivity contribution in [2.24, 2.45) is 5.73 Å². The van der Waals surface area contributed by atoms with Gasteiger partial charge in [0.15, 0.2) is 0 Å². The minimum Gasteiger partial charge on any atom is -0.385 e. The highest BCUT2D eigenvalue weighted by molar-refractivity contribution is 5.99. The van der Waals surface area contributed by atoms with Gasteiger partial charge in [-0.05, 0) is 13.0 Å². The fraction of sp³-hybridized carbons (Fsp3) is 0.364. The minimum absolute atomic E-state index is 0.128. The van der Waals surface area contributed by atoms with Gasteiger partial charge in [0.2, 0.25) is 5.91 Å². The Hall–Kier alpha value is -2.11. The monoisotopic (exact) mass is 236 g/mol. The first kappa shape index (κ1) is 13.0. The van der Waals surface area contributed by atoms with Crippen LogP contribution in [0.4, 0.5) is 5.69 Å². The number of aromatic nitrogens is 1. The normalized spacial score (nSPS) is 9.71. The number of rotatable bonds is 6. The van der Waals surface area contributed by atoms with Crippen LogP contribution >= 0.6 is 0 Å². The molecule has 0 aliphatic rings. The number of pyridine rings is 1. The highest BCUT2D eigenvalue weighted by Crippen LogP contribution is 2.12. The first-order chi connectivity index (χ1) is 8.15. The number of nitrogens with zero attached hydrogens (tertiary/aromatic N) is 1. The number of hydrogen-bond donors (Lipinski definition) is 3. The van der Waals surface area contributed by atoms with E-state index in [2.05, 4.69) is 15.6 Å². The molecule has 0 saturated heterocycles. The zero-order valence-corrected chi connectivity index (χ0v) is 9.69. The molecule has 0 saturated carbocycles. The summed E-state index contributed by atoms with van der Waals surface area (Å²) in [5, 5.41) is 5.67. The quantitative estimate of drug-likeness (QED) is 0.653. The number of carbonyl (C=O) groups is 2. The SMILES string of the molecule is CCNc1ccncc1C(=O)NCCC(N)=O. The van der Waals surface area contributed by atoms with Crippen LogP contribution in [0.25, 0.3) is 0 Å². The molecule has 0 spiro atoms. The minimum atomic E-state index is -0.441. The van der Waals surface area contributed by atoms with E-state index in [-0.39, 0.29) is 18.9 Å². The molecule has 1 aromatic rings. The molecule has 1 rings (SSSR count). The molecule has 4 N–H and O–H groups in total. The van der Waals surface area contributed by atoms with Crippen molar-refractivity contribution in [3.05, 3.63) is 24.0 Å². The van der Waals surface area contributed by atoms with Crippen LogP contribution in [0.3, 0.4) is 0 Å². The number of primary amides is 1. The lowest BCUT2D eigenvalue weighted by atomic mass is 10.2. The average Bonchev–Trinajstić information content (AvgIpc) is 2.29. The first-order valence-electron chi connectivity index (χ1n) is 5.39. The Morgan fingerprint density at radius 2 is 2.24 bits per heavy atom. The summed E-state index contributed by atoms with van der Waals surface area (Å²) in [6.45, 7) is 2.88. The maximum Gasteiger partial charge on any atom is 0.254 e. The van der Waals surface area contributed by atoms with Gasteiger partial charge in [0.25, 0.3) is 5.91 Å². The molecule has 0 aliphatic carbocycles. The summed E-state index contributed by atoms with van der Waals surface area (Å²) in [5.41, 5.74) is 6.16. The third kappa shape index (κ3) is 4.10. The van der Waals surface area contributed by atoms with Gasteiger partial charge in [-0.2, -0.15) is 0 Å². The van der Waals surface area contributed by atoms with E-state index in [0.717, 1.165) is 5.69 Å². The van der Waals surface area contributed by atoms with Crippen molar-refractivity contribution >= 4 is 17.5 Å². The van der Waals surface area contributed by atoms with Gasteiger partial charge < -0.3 is 16.4 Å². The predicted molar refractivity (Wildman–Crippen MR) is 64.5 cm³/mol. The summed E-state index contributed by atoms with van der Waals surface area (Å²) >= 11 is 0. The van der Waals surface area contributed by atoms with Crippen LogP contribution < -0.4 is 16.4 Å². The molecule has 1 heterocycles. The molecule has 2 amide bonds. The van der Waals surface area contributed by atoms with Crippen LogP contribution in [0.5, 0.6) is 0 Å². The molecule has 0 bridgehead atoms. The summed E-state index contributed by atoms with van der Waals surface area (Å²) < 4.78 is 0. The van der Waals surface area contributed by atoms with Gasteiger partial charge in [-0.25, -0.2) is 0 Å². The van der Waals surface area contributed by atoms with Gasteiger partial charge in [-0.15, -0.1) is 0 Å². The standard InChI is InChI=1S/C11H16N4O2/c1-2-14-9-3-5-13-7-8(9)11(17)15-6-4-10(12)16/h3,5,7H,2,4,6H2,1H3,(H2,12,16)(H,13,14)(H,15,17). The Balaban J connectivity index is 2.64. The fourth-order valence-corrected chi connectivity index (χ4v) is 1.31. The van der Waals surface area contributed by atoms with E-state index in [1.807, 2.05) is 6.92 Å². The fourth-order valence-electron chi connectivity index (χ4n) is 1.31. The Morgan fingerprint density at radius 3 is 2.88 bits per heavy atom. The summed E-state index contributed by atoms with van der Waals surface area (Å²) in [6, 6.07) is 1.73. The summed E-state index contributed by atoms with van der Waals surface area (Å²) in [4.78, 5) is 26.2. The number of nitrogens with two attached hydrogens (primary N) is 1. The van der Waals surface area contributed by atoms with Crippen LogP contribution in [-0.4, -0.2) is 29.9 Å². The Kier molecular flexibility index (Phi) is 4.93. The molecular formula is C11H16N4O2. The second-order valence-electron chi connectivity index (χ2n) is 3.42. The van der Waals surface area contributed by atoms with Crippen molar-refractivity contribution in [2.75, 3.05) is 18.4 Å². The third-order valence-corrected chi connectivity index (χ3v) is 2.09. The van der Waals surface area contributed by atoms with Gasteiger partial charge in [0, 0.05) is 31.9 Å². The molecule has 0 aromatic carbocycles. The zero-order chi connectivity index (χ0) is 12.7. The topological polar surface area (TPSA) is 97.1 Å². The van der Waals surface area contributed by atoms with E-state index < -0.39 is 5.91 Å². The molecule has 0 fully saturated rings. The van der Waals surface area contributed by atoms with Crippen LogP contribution in [0.15, 0.2) is 18.5 Å². The highest BCUT2D eigenvalue weighted by atomic mass is 16.2. The van der Waals surface area contributed by atoms with Crippen molar-refractivity contribution in [1.29, 1.82) is 0 Å². The van der Waals surface area contributed by atoms with Crippen molar-refractivity contribution in [1.82, 2.24) is 10.3 Å². The molecule has 92 valence electrons.